The summed E-state index contributed by atoms with van der Waals surface area (Å²) < 4.78 is 10.8. The number of hydrogen-bond donors (Lipinski definition) is 0. The van der Waals surface area contributed by atoms with E-state index in [-0.39, 0.29) is 5.91 Å². The Bertz CT molecular complexity index is 710. The minimum absolute atomic E-state index is 0.0647. The normalized spacial score (nSPS) is 10.1. The topological polar surface area (TPSA) is 38.8 Å². The van der Waals surface area contributed by atoms with Gasteiger partial charge in [-0.2, -0.15) is 0 Å². The van der Waals surface area contributed by atoms with Crippen LogP contribution in [0, 0.1) is 0 Å². The fraction of sp³-hybridized carbons (Fsp3) is 0.250. The zero-order valence-corrected chi connectivity index (χ0v) is 14.4. The van der Waals surface area contributed by atoms with Crippen molar-refractivity contribution in [2.45, 2.75) is 13.0 Å². The van der Waals surface area contributed by atoms with Crippen molar-refractivity contribution in [2.24, 2.45) is 0 Å². The first kappa shape index (κ1) is 17.6. The van der Waals surface area contributed by atoms with Crippen LogP contribution in [0.1, 0.15) is 21.5 Å². The Kier molecular flexibility index (Phi) is 6.01. The molecule has 2 rings (SSSR count). The Morgan fingerprint density at radius 3 is 2.46 bits per heavy atom. The third-order valence-electron chi connectivity index (χ3n) is 3.78. The van der Waals surface area contributed by atoms with Gasteiger partial charge in [0, 0.05) is 24.7 Å². The lowest BCUT2D eigenvalue weighted by atomic mass is 10.0. The van der Waals surface area contributed by atoms with Gasteiger partial charge in [0.15, 0.2) is 11.5 Å². The molecule has 0 aromatic heterocycles. The van der Waals surface area contributed by atoms with Crippen molar-refractivity contribution >= 4 is 5.91 Å². The lowest BCUT2D eigenvalue weighted by Crippen LogP contribution is -2.26. The molecular weight excluding hydrogens is 302 g/mol. The number of carbonyl (C=O) groups excluding carboxylic acids is 1. The van der Waals surface area contributed by atoms with Crippen molar-refractivity contribution in [3.8, 4) is 11.5 Å². The lowest BCUT2D eigenvalue weighted by Gasteiger charge is -2.19. The number of allylic oxidation sites excluding steroid dienone is 1. The predicted octanol–water partition coefficient (Wildman–Crippen LogP) is 3.70. The molecule has 0 saturated carbocycles. The van der Waals surface area contributed by atoms with Crippen molar-refractivity contribution in [1.29, 1.82) is 0 Å². The average molecular weight is 325 g/mol. The van der Waals surface area contributed by atoms with Crippen molar-refractivity contribution in [3.05, 3.63) is 71.8 Å². The first-order valence-corrected chi connectivity index (χ1v) is 7.75. The lowest BCUT2D eigenvalue weighted by molar-refractivity contribution is 0.0784. The molecule has 4 nitrogen and oxygen atoms in total. The van der Waals surface area contributed by atoms with Gasteiger partial charge in [-0.15, -0.1) is 6.58 Å². The summed E-state index contributed by atoms with van der Waals surface area (Å²) in [6.45, 7) is 4.31. The fourth-order valence-corrected chi connectivity index (χ4v) is 2.62. The number of rotatable bonds is 7. The molecule has 0 heterocycles. The Balaban J connectivity index is 2.31. The quantitative estimate of drug-likeness (QED) is 0.729. The highest BCUT2D eigenvalue weighted by molar-refractivity contribution is 5.95. The molecule has 0 aliphatic heterocycles. The number of benzene rings is 2. The van der Waals surface area contributed by atoms with Crippen molar-refractivity contribution in [3.63, 3.8) is 0 Å². The standard InChI is InChI=1S/C20H23NO3/c1-5-9-16-12-17(13-18(23-3)19(16)24-4)20(22)21(2)14-15-10-7-6-8-11-15/h5-8,10-13H,1,9,14H2,2-4H3. The van der Waals surface area contributed by atoms with E-state index >= 15 is 0 Å². The highest BCUT2D eigenvalue weighted by atomic mass is 16.5. The molecule has 0 radical (unpaired) electrons. The van der Waals surface area contributed by atoms with Crippen LogP contribution in [0.25, 0.3) is 0 Å². The van der Waals surface area contributed by atoms with Crippen LogP contribution in [0.5, 0.6) is 11.5 Å². The van der Waals surface area contributed by atoms with E-state index in [0.29, 0.717) is 30.0 Å². The van der Waals surface area contributed by atoms with Gasteiger partial charge in [-0.25, -0.2) is 0 Å². The summed E-state index contributed by atoms with van der Waals surface area (Å²) in [7, 11) is 4.95. The van der Waals surface area contributed by atoms with E-state index in [1.807, 2.05) is 36.4 Å². The van der Waals surface area contributed by atoms with Crippen LogP contribution in [0.4, 0.5) is 0 Å². The average Bonchev–Trinajstić information content (AvgIpc) is 2.61. The first-order chi connectivity index (χ1) is 11.6. The van der Waals surface area contributed by atoms with Gasteiger partial charge in [0.05, 0.1) is 14.2 Å². The Labute approximate surface area is 143 Å². The van der Waals surface area contributed by atoms with E-state index in [1.54, 1.807) is 38.3 Å². The van der Waals surface area contributed by atoms with Crippen molar-refractivity contribution in [1.82, 2.24) is 4.90 Å². The Morgan fingerprint density at radius 1 is 1.17 bits per heavy atom. The second-order valence-electron chi connectivity index (χ2n) is 5.51. The van der Waals surface area contributed by atoms with Gasteiger partial charge >= 0.3 is 0 Å². The molecule has 0 atom stereocenters. The summed E-state index contributed by atoms with van der Waals surface area (Å²) in [5.41, 5.74) is 2.53. The van der Waals surface area contributed by atoms with Crippen molar-refractivity contribution in [2.75, 3.05) is 21.3 Å². The Hall–Kier alpha value is -2.75. The maximum atomic E-state index is 12.8. The number of carbonyl (C=O) groups is 1. The molecule has 4 heteroatoms. The number of hydrogen-bond acceptors (Lipinski definition) is 3. The van der Waals surface area contributed by atoms with Gasteiger partial charge in [0.2, 0.25) is 0 Å². The van der Waals surface area contributed by atoms with Crippen LogP contribution in [0.3, 0.4) is 0 Å². The summed E-state index contributed by atoms with van der Waals surface area (Å²) >= 11 is 0. The largest absolute Gasteiger partial charge is 0.493 e. The summed E-state index contributed by atoms with van der Waals surface area (Å²) in [6, 6.07) is 13.4. The minimum Gasteiger partial charge on any atom is -0.493 e. The summed E-state index contributed by atoms with van der Waals surface area (Å²) in [6.07, 6.45) is 2.38. The smallest absolute Gasteiger partial charge is 0.254 e. The summed E-state index contributed by atoms with van der Waals surface area (Å²) in [5.74, 6) is 1.12. The van der Waals surface area contributed by atoms with Gasteiger partial charge in [-0.1, -0.05) is 36.4 Å². The molecule has 0 aliphatic carbocycles. The number of methoxy groups -OCH3 is 2. The second-order valence-corrected chi connectivity index (χ2v) is 5.51. The van der Waals surface area contributed by atoms with Gasteiger partial charge in [0.1, 0.15) is 0 Å². The monoisotopic (exact) mass is 325 g/mol. The highest BCUT2D eigenvalue weighted by Gasteiger charge is 2.18. The number of ether oxygens (including phenoxy) is 2. The van der Waals surface area contributed by atoms with E-state index in [9.17, 15) is 4.79 Å². The van der Waals surface area contributed by atoms with Gasteiger partial charge < -0.3 is 14.4 Å². The molecule has 0 bridgehead atoms. The van der Waals surface area contributed by atoms with Crippen LogP contribution in [0.15, 0.2) is 55.1 Å². The van der Waals surface area contributed by atoms with Gasteiger partial charge in [-0.3, -0.25) is 4.79 Å². The molecule has 0 aliphatic rings. The van der Waals surface area contributed by atoms with Crippen LogP contribution in [0.2, 0.25) is 0 Å². The molecule has 24 heavy (non-hydrogen) atoms. The second kappa shape index (κ2) is 8.20. The van der Waals surface area contributed by atoms with E-state index in [1.165, 1.54) is 0 Å². The van der Waals surface area contributed by atoms with Crippen LogP contribution < -0.4 is 9.47 Å². The van der Waals surface area contributed by atoms with Gasteiger partial charge in [0.25, 0.3) is 5.91 Å². The van der Waals surface area contributed by atoms with E-state index in [0.717, 1.165) is 11.1 Å². The molecule has 0 unspecified atom stereocenters. The number of nitrogens with zero attached hydrogens (tertiary/aromatic N) is 1. The van der Waals surface area contributed by atoms with Crippen molar-refractivity contribution < 1.29 is 14.3 Å². The molecule has 2 aromatic rings. The van der Waals surface area contributed by atoms with E-state index in [2.05, 4.69) is 6.58 Å². The zero-order chi connectivity index (χ0) is 17.5. The molecule has 126 valence electrons. The third kappa shape index (κ3) is 3.96. The van der Waals surface area contributed by atoms with E-state index in [4.69, 9.17) is 9.47 Å². The van der Waals surface area contributed by atoms with Crippen LogP contribution >= 0.6 is 0 Å². The minimum atomic E-state index is -0.0647. The molecule has 0 saturated heterocycles. The molecule has 0 N–H and O–H groups in total. The maximum absolute atomic E-state index is 12.8. The van der Waals surface area contributed by atoms with Crippen LogP contribution in [-0.4, -0.2) is 32.1 Å². The Morgan fingerprint density at radius 2 is 1.88 bits per heavy atom. The maximum Gasteiger partial charge on any atom is 0.254 e. The predicted molar refractivity (Wildman–Crippen MR) is 95.7 cm³/mol. The molecule has 2 aromatic carbocycles. The summed E-state index contributed by atoms with van der Waals surface area (Å²) in [5, 5.41) is 0. The SMILES string of the molecule is C=CCc1cc(C(=O)N(C)Cc2ccccc2)cc(OC)c1OC. The highest BCUT2D eigenvalue weighted by Crippen LogP contribution is 2.33. The number of amides is 1. The molecule has 0 spiro atoms. The molecular formula is C20H23NO3. The fourth-order valence-electron chi connectivity index (χ4n) is 2.62. The molecule has 0 fully saturated rings. The zero-order valence-electron chi connectivity index (χ0n) is 14.4. The third-order valence-corrected chi connectivity index (χ3v) is 3.78. The van der Waals surface area contributed by atoms with Gasteiger partial charge in [-0.05, 0) is 24.1 Å². The first-order valence-electron chi connectivity index (χ1n) is 7.75. The molecule has 1 amide bonds. The summed E-state index contributed by atoms with van der Waals surface area (Å²) in [4.78, 5) is 14.5. The van der Waals surface area contributed by atoms with E-state index < -0.39 is 0 Å². The van der Waals surface area contributed by atoms with Crippen LogP contribution in [-0.2, 0) is 13.0 Å².